The summed E-state index contributed by atoms with van der Waals surface area (Å²) in [5, 5.41) is 2.85. The summed E-state index contributed by atoms with van der Waals surface area (Å²) in [4.78, 5) is 12.4. The largest absolute Gasteiger partial charge is 0.497 e. The molecule has 1 atom stereocenters. The summed E-state index contributed by atoms with van der Waals surface area (Å²) in [6, 6.07) is 11.4. The van der Waals surface area contributed by atoms with E-state index in [2.05, 4.69) is 5.32 Å². The fourth-order valence-electron chi connectivity index (χ4n) is 2.23. The van der Waals surface area contributed by atoms with E-state index in [1.165, 1.54) is 12.1 Å². The number of hydrogen-bond acceptors (Lipinski definition) is 3. The van der Waals surface area contributed by atoms with Crippen LogP contribution in [0.5, 0.6) is 11.5 Å². The van der Waals surface area contributed by atoms with E-state index in [0.29, 0.717) is 23.6 Å². The van der Waals surface area contributed by atoms with Gasteiger partial charge in [0.25, 0.3) is 0 Å². The molecule has 0 aliphatic rings. The molecule has 0 aliphatic carbocycles. The summed E-state index contributed by atoms with van der Waals surface area (Å²) in [7, 11) is 3.10. The van der Waals surface area contributed by atoms with E-state index in [1.54, 1.807) is 44.6 Å². The van der Waals surface area contributed by atoms with Gasteiger partial charge in [-0.3, -0.25) is 4.79 Å². The van der Waals surface area contributed by atoms with E-state index in [1.807, 2.05) is 6.92 Å². The average molecular weight is 317 g/mol. The number of rotatable bonds is 6. The number of ether oxygens (including phenoxy) is 2. The SMILES string of the molecule is COc1ccc(OC)c(NC(=O)C(C)Cc2ccc(F)cc2)c1. The van der Waals surface area contributed by atoms with Crippen LogP contribution in [-0.4, -0.2) is 20.1 Å². The van der Waals surface area contributed by atoms with E-state index in [4.69, 9.17) is 9.47 Å². The first-order valence-electron chi connectivity index (χ1n) is 7.31. The van der Waals surface area contributed by atoms with Crippen molar-refractivity contribution in [3.63, 3.8) is 0 Å². The Morgan fingerprint density at radius 2 is 1.83 bits per heavy atom. The van der Waals surface area contributed by atoms with Crippen molar-refractivity contribution in [2.75, 3.05) is 19.5 Å². The van der Waals surface area contributed by atoms with Gasteiger partial charge in [0.05, 0.1) is 19.9 Å². The van der Waals surface area contributed by atoms with E-state index in [9.17, 15) is 9.18 Å². The molecule has 0 saturated heterocycles. The number of halogens is 1. The quantitative estimate of drug-likeness (QED) is 0.884. The van der Waals surface area contributed by atoms with Crippen molar-refractivity contribution < 1.29 is 18.7 Å². The second-order valence-corrected chi connectivity index (χ2v) is 5.29. The maximum Gasteiger partial charge on any atom is 0.227 e. The van der Waals surface area contributed by atoms with Crippen molar-refractivity contribution in [2.45, 2.75) is 13.3 Å². The predicted octanol–water partition coefficient (Wildman–Crippen LogP) is 3.66. The molecule has 122 valence electrons. The summed E-state index contributed by atoms with van der Waals surface area (Å²) in [6.07, 6.45) is 0.526. The molecule has 1 N–H and O–H groups in total. The molecule has 23 heavy (non-hydrogen) atoms. The van der Waals surface area contributed by atoms with Gasteiger partial charge < -0.3 is 14.8 Å². The Hall–Kier alpha value is -2.56. The maximum atomic E-state index is 12.9. The van der Waals surface area contributed by atoms with Gasteiger partial charge in [0.1, 0.15) is 17.3 Å². The highest BCUT2D eigenvalue weighted by atomic mass is 19.1. The summed E-state index contributed by atoms with van der Waals surface area (Å²) >= 11 is 0. The predicted molar refractivity (Wildman–Crippen MR) is 87.4 cm³/mol. The van der Waals surface area contributed by atoms with E-state index < -0.39 is 0 Å². The zero-order valence-corrected chi connectivity index (χ0v) is 13.4. The van der Waals surface area contributed by atoms with Crippen LogP contribution in [-0.2, 0) is 11.2 Å². The molecule has 0 radical (unpaired) electrons. The Balaban J connectivity index is 2.07. The van der Waals surface area contributed by atoms with E-state index >= 15 is 0 Å². The summed E-state index contributed by atoms with van der Waals surface area (Å²) in [5.74, 6) is 0.504. The second-order valence-electron chi connectivity index (χ2n) is 5.29. The van der Waals surface area contributed by atoms with Crippen LogP contribution in [0.3, 0.4) is 0 Å². The van der Waals surface area contributed by atoms with Crippen LogP contribution in [0.4, 0.5) is 10.1 Å². The molecule has 2 rings (SSSR count). The van der Waals surface area contributed by atoms with Gasteiger partial charge in [0.2, 0.25) is 5.91 Å². The number of amides is 1. The summed E-state index contributed by atoms with van der Waals surface area (Å²) in [5.41, 5.74) is 1.47. The van der Waals surface area contributed by atoms with Gasteiger partial charge in [0, 0.05) is 12.0 Å². The first-order valence-corrected chi connectivity index (χ1v) is 7.31. The highest BCUT2D eigenvalue weighted by Gasteiger charge is 2.16. The van der Waals surface area contributed by atoms with Gasteiger partial charge in [-0.15, -0.1) is 0 Å². The fourth-order valence-corrected chi connectivity index (χ4v) is 2.23. The number of nitrogens with one attached hydrogen (secondary N) is 1. The molecule has 0 spiro atoms. The molecule has 2 aromatic carbocycles. The number of carbonyl (C=O) groups excluding carboxylic acids is 1. The van der Waals surface area contributed by atoms with Crippen molar-refractivity contribution in [1.29, 1.82) is 0 Å². The molecule has 4 nitrogen and oxygen atoms in total. The molecule has 0 aromatic heterocycles. The minimum Gasteiger partial charge on any atom is -0.497 e. The normalized spacial score (nSPS) is 11.7. The average Bonchev–Trinajstić information content (AvgIpc) is 2.56. The molecular weight excluding hydrogens is 297 g/mol. The lowest BCUT2D eigenvalue weighted by atomic mass is 10.0. The Morgan fingerprint density at radius 3 is 2.43 bits per heavy atom. The van der Waals surface area contributed by atoms with Crippen molar-refractivity contribution in [3.8, 4) is 11.5 Å². The lowest BCUT2D eigenvalue weighted by Crippen LogP contribution is -2.22. The fraction of sp³-hybridized carbons (Fsp3) is 0.278. The van der Waals surface area contributed by atoms with Gasteiger partial charge in [-0.25, -0.2) is 4.39 Å². The van der Waals surface area contributed by atoms with Crippen molar-refractivity contribution in [1.82, 2.24) is 0 Å². The molecular formula is C18H20FNO3. The number of benzene rings is 2. The molecule has 0 bridgehead atoms. The van der Waals surface area contributed by atoms with Crippen LogP contribution in [0.1, 0.15) is 12.5 Å². The van der Waals surface area contributed by atoms with Crippen molar-refractivity contribution in [3.05, 3.63) is 53.8 Å². The number of carbonyl (C=O) groups is 1. The van der Waals surface area contributed by atoms with Gasteiger partial charge in [-0.1, -0.05) is 19.1 Å². The van der Waals surface area contributed by atoms with Crippen LogP contribution in [0.2, 0.25) is 0 Å². The second kappa shape index (κ2) is 7.63. The molecule has 5 heteroatoms. The van der Waals surface area contributed by atoms with Gasteiger partial charge in [-0.2, -0.15) is 0 Å². The number of hydrogen-bond donors (Lipinski definition) is 1. The Labute approximate surface area is 135 Å². The lowest BCUT2D eigenvalue weighted by molar-refractivity contribution is -0.119. The zero-order valence-electron chi connectivity index (χ0n) is 13.4. The smallest absolute Gasteiger partial charge is 0.227 e. The number of anilines is 1. The molecule has 0 fully saturated rings. The summed E-state index contributed by atoms with van der Waals surface area (Å²) in [6.45, 7) is 1.82. The topological polar surface area (TPSA) is 47.6 Å². The molecule has 0 aliphatic heterocycles. The molecule has 2 aromatic rings. The molecule has 0 heterocycles. The third-order valence-electron chi connectivity index (χ3n) is 3.57. The molecule has 1 unspecified atom stereocenters. The first-order chi connectivity index (χ1) is 11.0. The zero-order chi connectivity index (χ0) is 16.8. The van der Waals surface area contributed by atoms with Gasteiger partial charge >= 0.3 is 0 Å². The molecule has 0 saturated carbocycles. The highest BCUT2D eigenvalue weighted by Crippen LogP contribution is 2.29. The standard InChI is InChI=1S/C18H20FNO3/c1-12(10-13-4-6-14(19)7-5-13)18(21)20-16-11-15(22-2)8-9-17(16)23-3/h4-9,11-12H,10H2,1-3H3,(H,20,21). The Bertz CT molecular complexity index is 670. The van der Waals surface area contributed by atoms with Crippen molar-refractivity contribution >= 4 is 11.6 Å². The Kier molecular flexibility index (Phi) is 5.57. The Morgan fingerprint density at radius 1 is 1.13 bits per heavy atom. The van der Waals surface area contributed by atoms with Gasteiger partial charge in [0.15, 0.2) is 0 Å². The van der Waals surface area contributed by atoms with Crippen LogP contribution < -0.4 is 14.8 Å². The maximum absolute atomic E-state index is 12.9. The van der Waals surface area contributed by atoms with Crippen LogP contribution in [0.25, 0.3) is 0 Å². The van der Waals surface area contributed by atoms with Crippen LogP contribution in [0.15, 0.2) is 42.5 Å². The van der Waals surface area contributed by atoms with E-state index in [-0.39, 0.29) is 17.6 Å². The first kappa shape index (κ1) is 16.8. The monoisotopic (exact) mass is 317 g/mol. The third kappa shape index (κ3) is 4.45. The number of methoxy groups -OCH3 is 2. The minimum atomic E-state index is -0.285. The van der Waals surface area contributed by atoms with Gasteiger partial charge in [-0.05, 0) is 36.2 Å². The third-order valence-corrected chi connectivity index (χ3v) is 3.57. The van der Waals surface area contributed by atoms with Crippen LogP contribution in [0, 0.1) is 11.7 Å². The highest BCUT2D eigenvalue weighted by molar-refractivity contribution is 5.94. The minimum absolute atomic E-state index is 0.138. The summed E-state index contributed by atoms with van der Waals surface area (Å²) < 4.78 is 23.3. The molecule has 1 amide bonds. The van der Waals surface area contributed by atoms with E-state index in [0.717, 1.165) is 5.56 Å². The lowest BCUT2D eigenvalue weighted by Gasteiger charge is -2.15. The van der Waals surface area contributed by atoms with Crippen LogP contribution >= 0.6 is 0 Å². The van der Waals surface area contributed by atoms with Crippen molar-refractivity contribution in [2.24, 2.45) is 5.92 Å².